The smallest absolute Gasteiger partial charge is 0.306 e. The predicted molar refractivity (Wildman–Crippen MR) is 344 cm³/mol. The van der Waals surface area contributed by atoms with Crippen molar-refractivity contribution in [3.05, 3.63) is 85.1 Å². The van der Waals surface area contributed by atoms with Gasteiger partial charge in [0.25, 0.3) is 0 Å². The fraction of sp³-hybridized carbons (Fsp3) is 0.767. The van der Waals surface area contributed by atoms with Gasteiger partial charge in [-0.1, -0.05) is 298 Å². The lowest BCUT2D eigenvalue weighted by atomic mass is 10.0. The van der Waals surface area contributed by atoms with E-state index >= 15 is 0 Å². The van der Waals surface area contributed by atoms with Gasteiger partial charge in [0.2, 0.25) is 0 Å². The Kier molecular flexibility index (Phi) is 64.2. The van der Waals surface area contributed by atoms with Gasteiger partial charge in [-0.2, -0.15) is 0 Å². The molecule has 0 aliphatic carbocycles. The van der Waals surface area contributed by atoms with Crippen molar-refractivity contribution >= 4 is 17.9 Å². The normalized spacial score (nSPS) is 12.6. The van der Waals surface area contributed by atoms with Gasteiger partial charge in [0.05, 0.1) is 0 Å². The lowest BCUT2D eigenvalue weighted by molar-refractivity contribution is -0.167. The predicted octanol–water partition coefficient (Wildman–Crippen LogP) is 23.4. The molecule has 0 spiro atoms. The third-order valence-corrected chi connectivity index (χ3v) is 14.9. The van der Waals surface area contributed by atoms with E-state index < -0.39 is 6.10 Å². The first-order valence-electron chi connectivity index (χ1n) is 34.1. The summed E-state index contributed by atoms with van der Waals surface area (Å²) in [4.78, 5) is 38.3. The Labute approximate surface area is 490 Å². The highest BCUT2D eigenvalue weighted by Crippen LogP contribution is 2.17. The zero-order valence-corrected chi connectivity index (χ0v) is 52.4. The van der Waals surface area contributed by atoms with E-state index in [1.165, 1.54) is 212 Å². The van der Waals surface area contributed by atoms with Crippen LogP contribution in [0.1, 0.15) is 342 Å². The van der Waals surface area contributed by atoms with E-state index in [1.807, 2.05) is 0 Å². The van der Waals surface area contributed by atoms with Gasteiger partial charge >= 0.3 is 17.9 Å². The molecule has 456 valence electrons. The number of carbonyl (C=O) groups is 3. The second-order valence-corrected chi connectivity index (χ2v) is 22.7. The number of hydrogen-bond donors (Lipinski definition) is 0. The van der Waals surface area contributed by atoms with Crippen LogP contribution in [0.25, 0.3) is 0 Å². The molecule has 0 aromatic carbocycles. The molecule has 6 nitrogen and oxygen atoms in total. The van der Waals surface area contributed by atoms with Gasteiger partial charge in [-0.25, -0.2) is 0 Å². The molecule has 0 aromatic rings. The number of esters is 3. The van der Waals surface area contributed by atoms with Crippen LogP contribution in [0.5, 0.6) is 0 Å². The number of unbranched alkanes of at least 4 members (excludes halogenated alkanes) is 37. The molecule has 6 heteroatoms. The summed E-state index contributed by atoms with van der Waals surface area (Å²) in [5.41, 5.74) is 0. The summed E-state index contributed by atoms with van der Waals surface area (Å²) in [5.74, 6) is -0.954. The van der Waals surface area contributed by atoms with Crippen molar-refractivity contribution in [2.45, 2.75) is 348 Å². The van der Waals surface area contributed by atoms with Gasteiger partial charge in [-0.05, 0) is 109 Å². The quantitative estimate of drug-likeness (QED) is 0.0261. The standard InChI is InChI=1S/C73H128O6/c1-4-7-10-13-16-19-22-25-27-29-30-31-32-33-34-35-36-37-38-39-40-41-42-44-45-48-51-54-57-60-63-66-72(75)78-69-70(68-77-71(74)65-62-59-56-53-50-47-24-21-18-15-12-9-6-3)79-73(76)67-64-61-58-55-52-49-46-43-28-26-23-20-17-14-11-8-5-2/h8,11,17,20-21,24,26,28-30,46,49,55,58,70H,4-7,9-10,12-16,18-19,22-23,25,27,31-45,47-48,50-54,56-57,59-69H2,1-3H3/b11-8-,20-17-,24-21-,28-26-,30-29-,49-46-,58-55-. The molecule has 0 bridgehead atoms. The Bertz CT molecular complexity index is 1500. The average Bonchev–Trinajstić information content (AvgIpc) is 3.45. The maximum absolute atomic E-state index is 12.9. The van der Waals surface area contributed by atoms with E-state index in [9.17, 15) is 14.4 Å². The van der Waals surface area contributed by atoms with Crippen LogP contribution in [0.2, 0.25) is 0 Å². The molecule has 1 unspecified atom stereocenters. The molecule has 0 radical (unpaired) electrons. The van der Waals surface area contributed by atoms with Crippen molar-refractivity contribution in [3.8, 4) is 0 Å². The Balaban J connectivity index is 4.22. The molecular formula is C73H128O6. The van der Waals surface area contributed by atoms with Crippen LogP contribution >= 0.6 is 0 Å². The molecule has 79 heavy (non-hydrogen) atoms. The van der Waals surface area contributed by atoms with Crippen LogP contribution in [0.4, 0.5) is 0 Å². The van der Waals surface area contributed by atoms with Gasteiger partial charge in [0, 0.05) is 19.3 Å². The molecule has 0 amide bonds. The second kappa shape index (κ2) is 67.1. The SMILES string of the molecule is CC/C=C\C/C=C\C/C=C\C/C=C\C/C=C\CCCC(=O)OC(COC(=O)CCCCCCC/C=C\CCCCCC)COC(=O)CCCCCCCCCCCCCCCCCCCCC/C=C\CCCCCCCCCC. The average molecular weight is 1100 g/mol. The zero-order chi connectivity index (χ0) is 57.1. The van der Waals surface area contributed by atoms with Crippen LogP contribution in [0.15, 0.2) is 85.1 Å². The van der Waals surface area contributed by atoms with E-state index in [1.54, 1.807) is 0 Å². The van der Waals surface area contributed by atoms with Crippen LogP contribution in [-0.2, 0) is 28.6 Å². The first kappa shape index (κ1) is 75.6. The Morgan fingerprint density at radius 3 is 0.835 bits per heavy atom. The molecule has 0 rings (SSSR count). The van der Waals surface area contributed by atoms with E-state index in [-0.39, 0.29) is 37.5 Å². The van der Waals surface area contributed by atoms with E-state index in [0.29, 0.717) is 19.3 Å². The van der Waals surface area contributed by atoms with Crippen LogP contribution in [0.3, 0.4) is 0 Å². The lowest BCUT2D eigenvalue weighted by Gasteiger charge is -2.18. The Morgan fingerprint density at radius 1 is 0.266 bits per heavy atom. The van der Waals surface area contributed by atoms with Gasteiger partial charge in [-0.15, -0.1) is 0 Å². The summed E-state index contributed by atoms with van der Waals surface area (Å²) >= 11 is 0. The number of hydrogen-bond acceptors (Lipinski definition) is 6. The summed E-state index contributed by atoms with van der Waals surface area (Å²) in [7, 11) is 0. The van der Waals surface area contributed by atoms with Crippen molar-refractivity contribution in [2.24, 2.45) is 0 Å². The second-order valence-electron chi connectivity index (χ2n) is 22.7. The molecule has 0 N–H and O–H groups in total. The van der Waals surface area contributed by atoms with Crippen LogP contribution in [0, 0.1) is 0 Å². The highest BCUT2D eigenvalue weighted by Gasteiger charge is 2.19. The lowest BCUT2D eigenvalue weighted by Crippen LogP contribution is -2.30. The Hall–Kier alpha value is -3.41. The minimum absolute atomic E-state index is 0.0993. The molecule has 0 aliphatic heterocycles. The highest BCUT2D eigenvalue weighted by atomic mass is 16.6. The van der Waals surface area contributed by atoms with Crippen molar-refractivity contribution in [1.82, 2.24) is 0 Å². The molecule has 0 aliphatic rings. The minimum Gasteiger partial charge on any atom is -0.462 e. The monoisotopic (exact) mass is 1100 g/mol. The van der Waals surface area contributed by atoms with Crippen LogP contribution in [-0.4, -0.2) is 37.2 Å². The molecular weight excluding hydrogens is 973 g/mol. The summed E-state index contributed by atoms with van der Waals surface area (Å²) in [6.45, 7) is 6.49. The fourth-order valence-corrected chi connectivity index (χ4v) is 9.76. The molecule has 1 atom stereocenters. The van der Waals surface area contributed by atoms with E-state index in [0.717, 1.165) is 83.5 Å². The summed E-state index contributed by atoms with van der Waals surface area (Å²) in [6, 6.07) is 0. The molecule has 0 aromatic heterocycles. The maximum atomic E-state index is 12.9. The fourth-order valence-electron chi connectivity index (χ4n) is 9.76. The van der Waals surface area contributed by atoms with Gasteiger partial charge < -0.3 is 14.2 Å². The molecule has 0 saturated heterocycles. The van der Waals surface area contributed by atoms with Crippen molar-refractivity contribution in [1.29, 1.82) is 0 Å². The number of ether oxygens (including phenoxy) is 3. The summed E-state index contributed by atoms with van der Waals surface area (Å²) in [5, 5.41) is 0. The van der Waals surface area contributed by atoms with Gasteiger partial charge in [0.15, 0.2) is 6.10 Å². The van der Waals surface area contributed by atoms with E-state index in [4.69, 9.17) is 14.2 Å². The van der Waals surface area contributed by atoms with Crippen molar-refractivity contribution in [3.63, 3.8) is 0 Å². The first-order chi connectivity index (χ1) is 39.0. The molecule has 0 heterocycles. The van der Waals surface area contributed by atoms with Gasteiger partial charge in [-0.3, -0.25) is 14.4 Å². The largest absolute Gasteiger partial charge is 0.462 e. The zero-order valence-electron chi connectivity index (χ0n) is 52.4. The number of allylic oxidation sites excluding steroid dienone is 14. The van der Waals surface area contributed by atoms with Gasteiger partial charge in [0.1, 0.15) is 13.2 Å². The molecule has 0 fully saturated rings. The minimum atomic E-state index is -0.810. The third-order valence-electron chi connectivity index (χ3n) is 14.9. The Morgan fingerprint density at radius 2 is 0.506 bits per heavy atom. The molecule has 0 saturated carbocycles. The topological polar surface area (TPSA) is 78.9 Å². The van der Waals surface area contributed by atoms with Crippen molar-refractivity contribution < 1.29 is 28.6 Å². The highest BCUT2D eigenvalue weighted by molar-refractivity contribution is 5.71. The summed E-state index contributed by atoms with van der Waals surface area (Å²) < 4.78 is 16.9. The third kappa shape index (κ3) is 65.3. The van der Waals surface area contributed by atoms with E-state index in [2.05, 4.69) is 106 Å². The summed E-state index contributed by atoms with van der Waals surface area (Å²) in [6.07, 6.45) is 89.2. The maximum Gasteiger partial charge on any atom is 0.306 e. The number of carbonyl (C=O) groups excluding carboxylic acids is 3. The van der Waals surface area contributed by atoms with Crippen LogP contribution < -0.4 is 0 Å². The number of rotatable bonds is 62. The first-order valence-corrected chi connectivity index (χ1v) is 34.1. The van der Waals surface area contributed by atoms with Crippen molar-refractivity contribution in [2.75, 3.05) is 13.2 Å².